The van der Waals surface area contributed by atoms with Crippen molar-refractivity contribution in [2.45, 2.75) is 13.0 Å². The quantitative estimate of drug-likeness (QED) is 0.759. The van der Waals surface area contributed by atoms with E-state index in [1.807, 2.05) is 31.2 Å². The van der Waals surface area contributed by atoms with Gasteiger partial charge >= 0.3 is 0 Å². The molecule has 0 fully saturated rings. The highest BCUT2D eigenvalue weighted by atomic mass is 32.2. The molecule has 0 aliphatic carbocycles. The topological polar surface area (TPSA) is 84.9 Å². The number of hydrogen-bond donors (Lipinski definition) is 1. The molecule has 144 valence electrons. The second-order valence-corrected chi connectivity index (χ2v) is 8.23. The van der Waals surface area contributed by atoms with Crippen LogP contribution in [0, 0.1) is 6.92 Å². The minimum absolute atomic E-state index is 0.0690. The van der Waals surface area contributed by atoms with Crippen LogP contribution in [0.1, 0.15) is 5.56 Å². The largest absolute Gasteiger partial charge is 0.492 e. The molecule has 1 amide bonds. The van der Waals surface area contributed by atoms with Gasteiger partial charge in [0.15, 0.2) is 6.10 Å². The van der Waals surface area contributed by atoms with Crippen molar-refractivity contribution in [2.75, 3.05) is 30.3 Å². The van der Waals surface area contributed by atoms with Crippen LogP contribution >= 0.6 is 0 Å². The smallest absolute Gasteiger partial charge is 0.263 e. The molecule has 0 spiro atoms. The van der Waals surface area contributed by atoms with Crippen LogP contribution in [0.3, 0.4) is 0 Å². The third-order valence-electron chi connectivity index (χ3n) is 4.09. The Kier molecular flexibility index (Phi) is 5.55. The van der Waals surface area contributed by atoms with Crippen molar-refractivity contribution in [3.8, 4) is 11.5 Å². The van der Waals surface area contributed by atoms with Crippen molar-refractivity contribution in [3.05, 3.63) is 54.1 Å². The SMILES string of the molecule is Cc1cccc(OCCNC(=O)[C@@H]2CN(S(C)(=O)=O)c3ccccc3O2)c1. The van der Waals surface area contributed by atoms with Gasteiger partial charge in [-0.05, 0) is 36.8 Å². The van der Waals surface area contributed by atoms with Gasteiger partial charge in [0, 0.05) is 0 Å². The van der Waals surface area contributed by atoms with E-state index in [4.69, 9.17) is 9.47 Å². The highest BCUT2D eigenvalue weighted by Crippen LogP contribution is 2.34. The standard InChI is InChI=1S/C19H22N2O5S/c1-14-6-5-7-15(12-14)25-11-10-20-19(22)18-13-21(27(2,23)24)16-8-3-4-9-17(16)26-18/h3-9,12,18H,10-11,13H2,1-2H3,(H,20,22)/t18-/m0/s1. The lowest BCUT2D eigenvalue weighted by atomic mass is 10.2. The third-order valence-corrected chi connectivity index (χ3v) is 5.23. The lowest BCUT2D eigenvalue weighted by Crippen LogP contribution is -2.51. The predicted molar refractivity (Wildman–Crippen MR) is 103 cm³/mol. The van der Waals surface area contributed by atoms with Gasteiger partial charge in [0.2, 0.25) is 10.0 Å². The van der Waals surface area contributed by atoms with Gasteiger partial charge in [-0.25, -0.2) is 8.42 Å². The number of carbonyl (C=O) groups is 1. The van der Waals surface area contributed by atoms with Crippen LogP contribution in [0.15, 0.2) is 48.5 Å². The maximum absolute atomic E-state index is 12.4. The summed E-state index contributed by atoms with van der Waals surface area (Å²) in [5.74, 6) is 0.715. The van der Waals surface area contributed by atoms with Crippen molar-refractivity contribution in [2.24, 2.45) is 0 Å². The minimum atomic E-state index is -3.52. The number of benzene rings is 2. The number of para-hydroxylation sites is 2. The van der Waals surface area contributed by atoms with Gasteiger partial charge in [0.25, 0.3) is 5.91 Å². The van der Waals surface area contributed by atoms with Crippen LogP contribution in [0.2, 0.25) is 0 Å². The first kappa shape index (κ1) is 19.0. The molecular formula is C19H22N2O5S. The lowest BCUT2D eigenvalue weighted by molar-refractivity contribution is -0.127. The Morgan fingerprint density at radius 1 is 1.26 bits per heavy atom. The zero-order chi connectivity index (χ0) is 19.4. The monoisotopic (exact) mass is 390 g/mol. The molecule has 1 N–H and O–H groups in total. The molecule has 0 saturated carbocycles. The average molecular weight is 390 g/mol. The molecule has 27 heavy (non-hydrogen) atoms. The number of nitrogens with one attached hydrogen (secondary N) is 1. The van der Waals surface area contributed by atoms with E-state index in [1.54, 1.807) is 24.3 Å². The van der Waals surface area contributed by atoms with Crippen LogP contribution in [-0.4, -0.2) is 46.4 Å². The van der Waals surface area contributed by atoms with Crippen molar-refractivity contribution < 1.29 is 22.7 Å². The molecule has 0 radical (unpaired) electrons. The highest BCUT2D eigenvalue weighted by Gasteiger charge is 2.34. The second kappa shape index (κ2) is 7.87. The molecule has 2 aromatic carbocycles. The first-order valence-corrected chi connectivity index (χ1v) is 10.4. The molecule has 7 nitrogen and oxygen atoms in total. The van der Waals surface area contributed by atoms with Crippen LogP contribution in [0.4, 0.5) is 5.69 Å². The molecule has 2 aromatic rings. The zero-order valence-corrected chi connectivity index (χ0v) is 16.0. The second-order valence-electron chi connectivity index (χ2n) is 6.32. The van der Waals surface area contributed by atoms with Crippen LogP contribution < -0.4 is 19.1 Å². The van der Waals surface area contributed by atoms with E-state index in [-0.39, 0.29) is 19.0 Å². The molecule has 0 bridgehead atoms. The van der Waals surface area contributed by atoms with Gasteiger partial charge in [0.1, 0.15) is 18.1 Å². The molecule has 0 saturated heterocycles. The third kappa shape index (κ3) is 4.71. The number of ether oxygens (including phenoxy) is 2. The average Bonchev–Trinajstić information content (AvgIpc) is 2.63. The first-order chi connectivity index (χ1) is 12.8. The lowest BCUT2D eigenvalue weighted by Gasteiger charge is -2.33. The fraction of sp³-hybridized carbons (Fsp3) is 0.316. The van der Waals surface area contributed by atoms with Gasteiger partial charge < -0.3 is 14.8 Å². The van der Waals surface area contributed by atoms with Gasteiger partial charge in [-0.2, -0.15) is 0 Å². The van der Waals surface area contributed by atoms with Gasteiger partial charge in [-0.15, -0.1) is 0 Å². The summed E-state index contributed by atoms with van der Waals surface area (Å²) in [7, 11) is -3.52. The summed E-state index contributed by atoms with van der Waals surface area (Å²) < 4.78 is 36.6. The maximum atomic E-state index is 12.4. The Labute approximate surface area is 158 Å². The van der Waals surface area contributed by atoms with E-state index in [0.29, 0.717) is 18.0 Å². The number of hydrogen-bond acceptors (Lipinski definition) is 5. The molecule has 0 aromatic heterocycles. The summed E-state index contributed by atoms with van der Waals surface area (Å²) in [6.45, 7) is 2.49. The van der Waals surface area contributed by atoms with E-state index >= 15 is 0 Å². The Morgan fingerprint density at radius 2 is 2.04 bits per heavy atom. The molecule has 8 heteroatoms. The number of anilines is 1. The normalized spacial score (nSPS) is 16.2. The number of aryl methyl sites for hydroxylation is 1. The number of nitrogens with zero attached hydrogens (tertiary/aromatic N) is 1. The maximum Gasteiger partial charge on any atom is 0.263 e. The van der Waals surface area contributed by atoms with Crippen LogP contribution in [0.25, 0.3) is 0 Å². The molecule has 1 atom stereocenters. The number of rotatable bonds is 6. The van der Waals surface area contributed by atoms with E-state index in [0.717, 1.165) is 17.6 Å². The zero-order valence-electron chi connectivity index (χ0n) is 15.2. The fourth-order valence-electron chi connectivity index (χ4n) is 2.81. The van der Waals surface area contributed by atoms with Crippen LogP contribution in [-0.2, 0) is 14.8 Å². The Hall–Kier alpha value is -2.74. The summed E-state index contributed by atoms with van der Waals surface area (Å²) in [6.07, 6.45) is 0.188. The fourth-order valence-corrected chi connectivity index (χ4v) is 3.73. The highest BCUT2D eigenvalue weighted by molar-refractivity contribution is 7.92. The van der Waals surface area contributed by atoms with E-state index in [1.165, 1.54) is 4.31 Å². The molecule has 1 aliphatic rings. The number of sulfonamides is 1. The van der Waals surface area contributed by atoms with E-state index in [9.17, 15) is 13.2 Å². The van der Waals surface area contributed by atoms with Gasteiger partial charge in [-0.3, -0.25) is 9.10 Å². The summed E-state index contributed by atoms with van der Waals surface area (Å²) >= 11 is 0. The minimum Gasteiger partial charge on any atom is -0.492 e. The molecular weight excluding hydrogens is 368 g/mol. The van der Waals surface area contributed by atoms with E-state index < -0.39 is 16.1 Å². The number of carbonyl (C=O) groups excluding carboxylic acids is 1. The van der Waals surface area contributed by atoms with Crippen LogP contribution in [0.5, 0.6) is 11.5 Å². The Morgan fingerprint density at radius 3 is 2.78 bits per heavy atom. The summed E-state index contributed by atoms with van der Waals surface area (Å²) in [4.78, 5) is 12.4. The van der Waals surface area contributed by atoms with Gasteiger partial charge in [-0.1, -0.05) is 24.3 Å². The number of amides is 1. The Bertz CT molecular complexity index is 929. The predicted octanol–water partition coefficient (Wildman–Crippen LogP) is 1.72. The van der Waals surface area contributed by atoms with Crippen molar-refractivity contribution in [1.82, 2.24) is 5.32 Å². The van der Waals surface area contributed by atoms with Crippen molar-refractivity contribution >= 4 is 21.6 Å². The van der Waals surface area contributed by atoms with Crippen molar-refractivity contribution in [1.29, 1.82) is 0 Å². The van der Waals surface area contributed by atoms with Gasteiger partial charge in [0.05, 0.1) is 25.0 Å². The molecule has 1 heterocycles. The van der Waals surface area contributed by atoms with E-state index in [2.05, 4.69) is 5.32 Å². The molecule has 0 unspecified atom stereocenters. The Balaban J connectivity index is 1.59. The van der Waals surface area contributed by atoms with Crippen molar-refractivity contribution in [3.63, 3.8) is 0 Å². The molecule has 1 aliphatic heterocycles. The summed E-state index contributed by atoms with van der Waals surface area (Å²) in [5, 5.41) is 2.73. The first-order valence-electron chi connectivity index (χ1n) is 8.55. The number of fused-ring (bicyclic) bond motifs is 1. The summed E-state index contributed by atoms with van der Waals surface area (Å²) in [6, 6.07) is 14.4. The summed E-state index contributed by atoms with van der Waals surface area (Å²) in [5.41, 5.74) is 1.53. The molecule has 3 rings (SSSR count).